The van der Waals surface area contributed by atoms with Gasteiger partial charge in [0.15, 0.2) is 5.65 Å². The van der Waals surface area contributed by atoms with E-state index in [0.717, 1.165) is 23.7 Å². The minimum absolute atomic E-state index is 0.124. The Labute approximate surface area is 226 Å². The molecule has 2 amide bonds. The number of aromatic nitrogens is 4. The zero-order chi connectivity index (χ0) is 27.4. The molecule has 4 rings (SSSR count). The van der Waals surface area contributed by atoms with Gasteiger partial charge in [0, 0.05) is 30.4 Å². The lowest BCUT2D eigenvalue weighted by atomic mass is 9.98. The van der Waals surface area contributed by atoms with Crippen molar-refractivity contribution in [1.82, 2.24) is 29.8 Å². The summed E-state index contributed by atoms with van der Waals surface area (Å²) in [7, 11) is 1.58. The first-order valence-electron chi connectivity index (χ1n) is 12.7. The number of fused-ring (bicyclic) bond motifs is 1. The van der Waals surface area contributed by atoms with Crippen molar-refractivity contribution < 1.29 is 9.59 Å². The van der Waals surface area contributed by atoms with Gasteiger partial charge in [0.25, 0.3) is 0 Å². The molecule has 4 N–H and O–H groups in total. The van der Waals surface area contributed by atoms with E-state index in [4.69, 9.17) is 15.7 Å². The van der Waals surface area contributed by atoms with E-state index in [1.165, 1.54) is 0 Å². The van der Waals surface area contributed by atoms with Crippen molar-refractivity contribution in [2.45, 2.75) is 46.2 Å². The third kappa shape index (κ3) is 5.53. The highest BCUT2D eigenvalue weighted by Gasteiger charge is 2.24. The van der Waals surface area contributed by atoms with E-state index in [0.29, 0.717) is 40.3 Å². The maximum absolute atomic E-state index is 12.8. The summed E-state index contributed by atoms with van der Waals surface area (Å²) in [5.41, 5.74) is 9.53. The molecular weight excluding hydrogens is 500 g/mol. The molecule has 10 nitrogen and oxygen atoms in total. The smallest absolute Gasteiger partial charge is 0.249 e. The number of nitrogens with zero attached hydrogens (tertiary/aromatic N) is 5. The van der Waals surface area contributed by atoms with Crippen LogP contribution in [0.15, 0.2) is 42.0 Å². The minimum Gasteiger partial charge on any atom is -0.366 e. The van der Waals surface area contributed by atoms with E-state index in [9.17, 15) is 9.59 Å². The van der Waals surface area contributed by atoms with Crippen LogP contribution in [0.1, 0.15) is 43.6 Å². The number of nitrogens with two attached hydrogens (primary N) is 1. The van der Waals surface area contributed by atoms with Gasteiger partial charge in [0.05, 0.1) is 28.0 Å². The third-order valence-corrected chi connectivity index (χ3v) is 7.63. The van der Waals surface area contributed by atoms with Crippen molar-refractivity contribution in [3.8, 4) is 21.8 Å². The molecule has 0 fully saturated rings. The SMILES string of the molecule is CCN(CC)[C@@H](C)Cc1c(C(N)=O)cc(-c2cnn3ccc(-c4cccs4)nc23)nc1N[C@H](C)C(=O)NC. The summed E-state index contributed by atoms with van der Waals surface area (Å²) in [5.74, 6) is -0.311. The van der Waals surface area contributed by atoms with Gasteiger partial charge in [0.2, 0.25) is 11.8 Å². The molecule has 4 aromatic rings. The first kappa shape index (κ1) is 27.2. The van der Waals surface area contributed by atoms with Crippen molar-refractivity contribution in [3.05, 3.63) is 53.2 Å². The fourth-order valence-corrected chi connectivity index (χ4v) is 5.32. The van der Waals surface area contributed by atoms with Crippen molar-refractivity contribution in [2.24, 2.45) is 5.73 Å². The largest absolute Gasteiger partial charge is 0.366 e. The van der Waals surface area contributed by atoms with Crippen LogP contribution < -0.4 is 16.4 Å². The fraction of sp³-hybridized carbons (Fsp3) is 0.370. The Morgan fingerprint density at radius 1 is 1.16 bits per heavy atom. The lowest BCUT2D eigenvalue weighted by Gasteiger charge is -2.28. The van der Waals surface area contributed by atoms with Gasteiger partial charge in [-0.05, 0) is 56.9 Å². The molecule has 11 heteroatoms. The highest BCUT2D eigenvalue weighted by molar-refractivity contribution is 7.13. The normalized spacial score (nSPS) is 13.0. The number of hydrogen-bond acceptors (Lipinski definition) is 8. The molecule has 0 aromatic carbocycles. The molecule has 200 valence electrons. The number of thiophene rings is 1. The Morgan fingerprint density at radius 2 is 1.92 bits per heavy atom. The van der Waals surface area contributed by atoms with Gasteiger partial charge in [-0.25, -0.2) is 14.5 Å². The highest BCUT2D eigenvalue weighted by atomic mass is 32.1. The Hall–Kier alpha value is -3.83. The van der Waals surface area contributed by atoms with Crippen LogP contribution in [0.2, 0.25) is 0 Å². The molecule has 0 unspecified atom stereocenters. The first-order valence-corrected chi connectivity index (χ1v) is 13.6. The first-order chi connectivity index (χ1) is 18.3. The van der Waals surface area contributed by atoms with Crippen LogP contribution >= 0.6 is 11.3 Å². The second kappa shape index (κ2) is 11.7. The van der Waals surface area contributed by atoms with E-state index in [1.807, 2.05) is 29.8 Å². The number of hydrogen-bond donors (Lipinski definition) is 3. The van der Waals surface area contributed by atoms with Crippen LogP contribution in [0, 0.1) is 0 Å². The Morgan fingerprint density at radius 3 is 2.55 bits per heavy atom. The standard InChI is InChI=1S/C27H34N8O2S/c1-6-34(7-2)16(3)13-19-18(24(28)36)14-22(32-25(19)31-17(4)27(37)29-5)20-15-30-35-11-10-21(33-26(20)35)23-9-8-12-38-23/h8-12,14-17H,6-7,13H2,1-5H3,(H2,28,36)(H,29,37)(H,31,32)/t16-,17+/m0/s1. The summed E-state index contributed by atoms with van der Waals surface area (Å²) in [6.07, 6.45) is 4.06. The van der Waals surface area contributed by atoms with E-state index in [1.54, 1.807) is 42.1 Å². The summed E-state index contributed by atoms with van der Waals surface area (Å²) in [6.45, 7) is 9.80. The Balaban J connectivity index is 1.87. The zero-order valence-corrected chi connectivity index (χ0v) is 23.2. The predicted octanol–water partition coefficient (Wildman–Crippen LogP) is 3.44. The fourth-order valence-electron chi connectivity index (χ4n) is 4.63. The topological polar surface area (TPSA) is 131 Å². The highest BCUT2D eigenvalue weighted by Crippen LogP contribution is 2.31. The van der Waals surface area contributed by atoms with Crippen molar-refractivity contribution >= 4 is 34.6 Å². The molecule has 0 aliphatic carbocycles. The lowest BCUT2D eigenvalue weighted by molar-refractivity contribution is -0.121. The van der Waals surface area contributed by atoms with Gasteiger partial charge in [-0.3, -0.25) is 9.59 Å². The van der Waals surface area contributed by atoms with E-state index in [-0.39, 0.29) is 11.9 Å². The quantitative estimate of drug-likeness (QED) is 0.269. The molecule has 38 heavy (non-hydrogen) atoms. The number of anilines is 1. The Kier molecular flexibility index (Phi) is 8.38. The van der Waals surface area contributed by atoms with E-state index < -0.39 is 11.9 Å². The average Bonchev–Trinajstić information content (AvgIpc) is 3.59. The van der Waals surface area contributed by atoms with Gasteiger partial charge < -0.3 is 21.3 Å². The zero-order valence-electron chi connectivity index (χ0n) is 22.4. The molecule has 0 bridgehead atoms. The summed E-state index contributed by atoms with van der Waals surface area (Å²) in [5, 5.41) is 12.3. The van der Waals surface area contributed by atoms with Crippen molar-refractivity contribution in [1.29, 1.82) is 0 Å². The molecule has 0 aliphatic heterocycles. The number of primary amides is 1. The van der Waals surface area contributed by atoms with Crippen LogP contribution in [0.25, 0.3) is 27.5 Å². The van der Waals surface area contributed by atoms with Gasteiger partial charge >= 0.3 is 0 Å². The van der Waals surface area contributed by atoms with Crippen molar-refractivity contribution in [2.75, 3.05) is 25.5 Å². The molecule has 0 saturated carbocycles. The minimum atomic E-state index is -0.585. The number of rotatable bonds is 11. The molecule has 0 aliphatic rings. The molecule has 2 atom stereocenters. The van der Waals surface area contributed by atoms with Gasteiger partial charge in [0.1, 0.15) is 11.9 Å². The number of carbonyl (C=O) groups excluding carboxylic acids is 2. The van der Waals surface area contributed by atoms with Crippen LogP contribution in [-0.4, -0.2) is 68.5 Å². The van der Waals surface area contributed by atoms with Gasteiger partial charge in [-0.1, -0.05) is 19.9 Å². The number of carbonyl (C=O) groups is 2. The summed E-state index contributed by atoms with van der Waals surface area (Å²) in [4.78, 5) is 38.2. The average molecular weight is 535 g/mol. The van der Waals surface area contributed by atoms with Gasteiger partial charge in [-0.2, -0.15) is 5.10 Å². The van der Waals surface area contributed by atoms with Crippen LogP contribution in [0.5, 0.6) is 0 Å². The monoisotopic (exact) mass is 534 g/mol. The third-order valence-electron chi connectivity index (χ3n) is 6.74. The molecular formula is C27H34N8O2S. The molecule has 0 saturated heterocycles. The van der Waals surface area contributed by atoms with Crippen molar-refractivity contribution in [3.63, 3.8) is 0 Å². The summed E-state index contributed by atoms with van der Waals surface area (Å²) in [6, 6.07) is 7.15. The molecule has 4 aromatic heterocycles. The molecule has 0 radical (unpaired) electrons. The predicted molar refractivity (Wildman–Crippen MR) is 151 cm³/mol. The van der Waals surface area contributed by atoms with Crippen LogP contribution in [0.4, 0.5) is 5.82 Å². The molecule has 0 spiro atoms. The number of nitrogens with one attached hydrogen (secondary N) is 2. The summed E-state index contributed by atoms with van der Waals surface area (Å²) < 4.78 is 1.68. The summed E-state index contributed by atoms with van der Waals surface area (Å²) >= 11 is 1.60. The number of amides is 2. The Bertz CT molecular complexity index is 1430. The maximum Gasteiger partial charge on any atom is 0.249 e. The lowest BCUT2D eigenvalue weighted by Crippen LogP contribution is -2.37. The molecule has 4 heterocycles. The number of likely N-dealkylation sites (N-methyl/N-ethyl adjacent to an activating group) is 2. The van der Waals surface area contributed by atoms with Gasteiger partial charge in [-0.15, -0.1) is 11.3 Å². The maximum atomic E-state index is 12.8. The second-order valence-electron chi connectivity index (χ2n) is 9.12. The van der Waals surface area contributed by atoms with E-state index in [2.05, 4.69) is 41.4 Å². The number of pyridine rings is 1. The van der Waals surface area contributed by atoms with Crippen LogP contribution in [0.3, 0.4) is 0 Å². The second-order valence-corrected chi connectivity index (χ2v) is 10.1. The van der Waals surface area contributed by atoms with E-state index >= 15 is 0 Å². The van der Waals surface area contributed by atoms with Crippen LogP contribution in [-0.2, 0) is 11.2 Å².